The van der Waals surface area contributed by atoms with Crippen molar-refractivity contribution in [3.05, 3.63) is 33.9 Å². The van der Waals surface area contributed by atoms with Gasteiger partial charge in [0.2, 0.25) is 0 Å². The second kappa shape index (κ2) is 6.53. The second-order valence-corrected chi connectivity index (χ2v) is 7.18. The van der Waals surface area contributed by atoms with Gasteiger partial charge >= 0.3 is 5.97 Å². The highest BCUT2D eigenvalue weighted by Gasteiger charge is 2.33. The number of methoxy groups -OCH3 is 1. The summed E-state index contributed by atoms with van der Waals surface area (Å²) >= 11 is 0. The molecule has 1 saturated carbocycles. The summed E-state index contributed by atoms with van der Waals surface area (Å²) in [5, 5.41) is 13.0. The Hall–Kier alpha value is -2.61. The Balaban J connectivity index is 2.09. The highest BCUT2D eigenvalue weighted by Crippen LogP contribution is 2.44. The van der Waals surface area contributed by atoms with Crippen molar-refractivity contribution in [2.45, 2.75) is 31.8 Å². The van der Waals surface area contributed by atoms with Crippen LogP contribution >= 0.6 is 0 Å². The molecular weight excluding hydrogens is 353 g/mol. The maximum atomic E-state index is 15.1. The van der Waals surface area contributed by atoms with E-state index in [1.165, 1.54) is 13.2 Å². The minimum atomic E-state index is -1.18. The van der Waals surface area contributed by atoms with Gasteiger partial charge in [0.15, 0.2) is 17.0 Å². The minimum Gasteiger partial charge on any atom is -0.492 e. The lowest BCUT2D eigenvalue weighted by atomic mass is 10.1. The van der Waals surface area contributed by atoms with Gasteiger partial charge in [0.25, 0.3) is 0 Å². The summed E-state index contributed by atoms with van der Waals surface area (Å²) < 4.78 is 22.3. The number of pyridine rings is 1. The van der Waals surface area contributed by atoms with Crippen LogP contribution in [0.15, 0.2) is 16.9 Å². The molecule has 0 radical (unpaired) electrons. The number of benzene rings is 1. The smallest absolute Gasteiger partial charge is 0.352 e. The van der Waals surface area contributed by atoms with E-state index in [0.29, 0.717) is 25.2 Å². The minimum absolute atomic E-state index is 0.0214. The number of halogens is 1. The van der Waals surface area contributed by atoms with Gasteiger partial charge in [0.1, 0.15) is 11.4 Å². The first-order valence-corrected chi connectivity index (χ1v) is 9.10. The summed E-state index contributed by atoms with van der Waals surface area (Å²) in [5.41, 5.74) is 0.0537. The standard InChI is InChI=1S/C19H22FN3O4/c1-10-9-21-5-6-22(10)17-13(20)7-12-15(24)8-14(19(25)26)23(11-3-4-11)16(12)18(17)27-2/h7-8,10-11,21H,3-6,9H2,1-2H3,(H,25,26). The summed E-state index contributed by atoms with van der Waals surface area (Å²) in [6, 6.07) is 2.30. The quantitative estimate of drug-likeness (QED) is 0.850. The van der Waals surface area contributed by atoms with Crippen LogP contribution in [0.1, 0.15) is 36.3 Å². The molecule has 0 bridgehead atoms. The Labute approximate surface area is 155 Å². The Morgan fingerprint density at radius 2 is 2.11 bits per heavy atom. The van der Waals surface area contributed by atoms with Gasteiger partial charge in [0.05, 0.1) is 18.0 Å². The number of aromatic carboxylic acids is 1. The lowest BCUT2D eigenvalue weighted by Crippen LogP contribution is -2.50. The van der Waals surface area contributed by atoms with E-state index in [1.54, 1.807) is 4.57 Å². The summed E-state index contributed by atoms with van der Waals surface area (Å²) in [4.78, 5) is 26.2. The van der Waals surface area contributed by atoms with Crippen molar-refractivity contribution in [3.8, 4) is 5.75 Å². The molecule has 27 heavy (non-hydrogen) atoms. The first-order chi connectivity index (χ1) is 12.9. The SMILES string of the molecule is COc1c(N2CCNCC2C)c(F)cc2c(=O)cc(C(=O)O)n(C3CC3)c12. The number of carboxylic acid groups (broad SMARTS) is 1. The van der Waals surface area contributed by atoms with Gasteiger partial charge in [0, 0.05) is 37.8 Å². The third kappa shape index (κ3) is 2.84. The first-order valence-electron chi connectivity index (χ1n) is 9.10. The second-order valence-electron chi connectivity index (χ2n) is 7.18. The van der Waals surface area contributed by atoms with Gasteiger partial charge in [-0.2, -0.15) is 0 Å². The van der Waals surface area contributed by atoms with Gasteiger partial charge in [-0.05, 0) is 25.8 Å². The fourth-order valence-electron chi connectivity index (χ4n) is 3.94. The van der Waals surface area contributed by atoms with Gasteiger partial charge in [-0.3, -0.25) is 4.79 Å². The van der Waals surface area contributed by atoms with E-state index in [-0.39, 0.29) is 34.6 Å². The summed E-state index contributed by atoms with van der Waals surface area (Å²) in [6.07, 6.45) is 1.64. The Morgan fingerprint density at radius 1 is 1.37 bits per heavy atom. The van der Waals surface area contributed by atoms with E-state index < -0.39 is 17.2 Å². The van der Waals surface area contributed by atoms with Crippen LogP contribution in [-0.2, 0) is 0 Å². The van der Waals surface area contributed by atoms with E-state index in [0.717, 1.165) is 18.9 Å². The van der Waals surface area contributed by atoms with E-state index in [4.69, 9.17) is 4.74 Å². The highest BCUT2D eigenvalue weighted by atomic mass is 19.1. The van der Waals surface area contributed by atoms with Crippen LogP contribution in [0.25, 0.3) is 10.9 Å². The Bertz CT molecular complexity index is 983. The monoisotopic (exact) mass is 375 g/mol. The third-order valence-electron chi connectivity index (χ3n) is 5.34. The molecule has 144 valence electrons. The van der Waals surface area contributed by atoms with Gasteiger partial charge in [-0.25, -0.2) is 9.18 Å². The molecule has 2 heterocycles. The molecule has 2 fully saturated rings. The Kier molecular flexibility index (Phi) is 4.30. The lowest BCUT2D eigenvalue weighted by molar-refractivity contribution is 0.0684. The molecule has 4 rings (SSSR count). The maximum Gasteiger partial charge on any atom is 0.352 e. The molecule has 1 saturated heterocycles. The third-order valence-corrected chi connectivity index (χ3v) is 5.34. The number of anilines is 1. The molecule has 0 amide bonds. The molecule has 7 nitrogen and oxygen atoms in total. The fourth-order valence-corrected chi connectivity index (χ4v) is 3.94. The number of nitrogens with one attached hydrogen (secondary N) is 1. The number of fused-ring (bicyclic) bond motifs is 1. The van der Waals surface area contributed by atoms with Crippen LogP contribution in [0.3, 0.4) is 0 Å². The summed E-state index contributed by atoms with van der Waals surface area (Å²) in [7, 11) is 1.43. The average molecular weight is 375 g/mol. The van der Waals surface area contributed by atoms with Crippen molar-refractivity contribution < 1.29 is 19.0 Å². The molecule has 1 aliphatic carbocycles. The van der Waals surface area contributed by atoms with E-state index in [2.05, 4.69) is 5.32 Å². The van der Waals surface area contributed by atoms with Crippen LogP contribution < -0.4 is 20.4 Å². The van der Waals surface area contributed by atoms with Crippen LogP contribution in [-0.4, -0.2) is 48.4 Å². The molecular formula is C19H22FN3O4. The molecule has 2 aliphatic rings. The van der Waals surface area contributed by atoms with E-state index in [1.807, 2.05) is 11.8 Å². The Morgan fingerprint density at radius 3 is 2.70 bits per heavy atom. The van der Waals surface area contributed by atoms with Crippen molar-refractivity contribution in [1.82, 2.24) is 9.88 Å². The molecule has 1 aromatic heterocycles. The molecule has 8 heteroatoms. The average Bonchev–Trinajstić information content (AvgIpc) is 3.46. The summed E-state index contributed by atoms with van der Waals surface area (Å²) in [5.74, 6) is -1.48. The van der Waals surface area contributed by atoms with Crippen molar-refractivity contribution in [3.63, 3.8) is 0 Å². The van der Waals surface area contributed by atoms with Crippen molar-refractivity contribution in [2.24, 2.45) is 0 Å². The fraction of sp³-hybridized carbons (Fsp3) is 0.474. The lowest BCUT2D eigenvalue weighted by Gasteiger charge is -2.37. The number of nitrogens with zero attached hydrogens (tertiary/aromatic N) is 2. The largest absolute Gasteiger partial charge is 0.492 e. The highest BCUT2D eigenvalue weighted by molar-refractivity contribution is 5.96. The van der Waals surface area contributed by atoms with Crippen molar-refractivity contribution in [1.29, 1.82) is 0 Å². The summed E-state index contributed by atoms with van der Waals surface area (Å²) in [6.45, 7) is 3.98. The number of hydrogen-bond donors (Lipinski definition) is 2. The molecule has 0 spiro atoms. The van der Waals surface area contributed by atoms with Crippen molar-refractivity contribution in [2.75, 3.05) is 31.6 Å². The number of piperazine rings is 1. The van der Waals surface area contributed by atoms with E-state index in [9.17, 15) is 14.7 Å². The topological polar surface area (TPSA) is 83.8 Å². The molecule has 1 unspecified atom stereocenters. The normalized spacial score (nSPS) is 20.1. The van der Waals surface area contributed by atoms with Gasteiger partial charge in [-0.1, -0.05) is 0 Å². The number of rotatable bonds is 4. The number of aromatic nitrogens is 1. The molecule has 1 aromatic carbocycles. The molecule has 1 aliphatic heterocycles. The zero-order chi connectivity index (χ0) is 19.3. The maximum absolute atomic E-state index is 15.1. The predicted octanol–water partition coefficient (Wildman–Crippen LogP) is 1.98. The van der Waals surface area contributed by atoms with Crippen LogP contribution in [0.5, 0.6) is 5.75 Å². The molecule has 1 atom stereocenters. The number of carbonyl (C=O) groups is 1. The van der Waals surface area contributed by atoms with Crippen molar-refractivity contribution >= 4 is 22.6 Å². The number of ether oxygens (including phenoxy) is 1. The van der Waals surface area contributed by atoms with Crippen LogP contribution in [0.2, 0.25) is 0 Å². The first kappa shape index (κ1) is 17.8. The van der Waals surface area contributed by atoms with Gasteiger partial charge < -0.3 is 24.6 Å². The number of hydrogen-bond acceptors (Lipinski definition) is 5. The number of carboxylic acids is 1. The van der Waals surface area contributed by atoms with E-state index >= 15 is 4.39 Å². The van der Waals surface area contributed by atoms with Crippen LogP contribution in [0, 0.1) is 5.82 Å². The molecule has 2 N–H and O–H groups in total. The van der Waals surface area contributed by atoms with Crippen LogP contribution in [0.4, 0.5) is 10.1 Å². The zero-order valence-electron chi connectivity index (χ0n) is 15.3. The molecule has 2 aromatic rings. The van der Waals surface area contributed by atoms with Gasteiger partial charge in [-0.15, -0.1) is 0 Å². The zero-order valence-corrected chi connectivity index (χ0v) is 15.3. The predicted molar refractivity (Wildman–Crippen MR) is 99.6 cm³/mol.